The van der Waals surface area contributed by atoms with Crippen LogP contribution in [0.25, 0.3) is 0 Å². The maximum Gasteiger partial charge on any atom is 0.112 e. The molecular weight excluding hydrogens is 222 g/mol. The van der Waals surface area contributed by atoms with E-state index in [4.69, 9.17) is 4.98 Å². The summed E-state index contributed by atoms with van der Waals surface area (Å²) in [6, 6.07) is 0.634. The average Bonchev–Trinajstić information content (AvgIpc) is 3.16. The van der Waals surface area contributed by atoms with Gasteiger partial charge >= 0.3 is 0 Å². The van der Waals surface area contributed by atoms with Gasteiger partial charge in [0.2, 0.25) is 0 Å². The number of imidazole rings is 1. The van der Waals surface area contributed by atoms with Crippen LogP contribution in [0.1, 0.15) is 75.1 Å². The van der Waals surface area contributed by atoms with E-state index in [1.54, 1.807) is 0 Å². The third-order valence-electron chi connectivity index (χ3n) is 4.31. The highest BCUT2D eigenvalue weighted by Crippen LogP contribution is 2.42. The fourth-order valence-electron chi connectivity index (χ4n) is 3.10. The van der Waals surface area contributed by atoms with Crippen LogP contribution in [0.5, 0.6) is 0 Å². The molecule has 1 atom stereocenters. The van der Waals surface area contributed by atoms with E-state index in [9.17, 15) is 0 Å². The van der Waals surface area contributed by atoms with Crippen molar-refractivity contribution >= 4 is 0 Å². The first-order valence-electron chi connectivity index (χ1n) is 7.61. The number of unbranched alkanes of at least 4 members (excludes halogenated alkanes) is 1. The third kappa shape index (κ3) is 2.20. The van der Waals surface area contributed by atoms with Crippen molar-refractivity contribution in [2.75, 3.05) is 6.54 Å². The summed E-state index contributed by atoms with van der Waals surface area (Å²) < 4.78 is 2.60. The number of rotatable bonds is 5. The lowest BCUT2D eigenvalue weighted by Gasteiger charge is -2.21. The first kappa shape index (κ1) is 12.2. The zero-order chi connectivity index (χ0) is 12.5. The minimum absolute atomic E-state index is 0.634. The Kier molecular flexibility index (Phi) is 3.42. The Labute approximate surface area is 110 Å². The van der Waals surface area contributed by atoms with Gasteiger partial charge in [-0.3, -0.25) is 0 Å². The smallest absolute Gasteiger partial charge is 0.112 e. The van der Waals surface area contributed by atoms with Gasteiger partial charge in [-0.25, -0.2) is 4.98 Å². The van der Waals surface area contributed by atoms with Crippen molar-refractivity contribution in [1.82, 2.24) is 14.9 Å². The van der Waals surface area contributed by atoms with Gasteiger partial charge < -0.3 is 9.88 Å². The molecule has 1 fully saturated rings. The summed E-state index contributed by atoms with van der Waals surface area (Å²) in [4.78, 5) is 4.94. The van der Waals surface area contributed by atoms with Crippen LogP contribution >= 0.6 is 0 Å². The summed E-state index contributed by atoms with van der Waals surface area (Å²) in [5.74, 6) is 2.16. The fraction of sp³-hybridized carbons (Fsp3) is 0.800. The SMILES string of the molecule is CCCCC(C)n1c(C2CC2)nc2c1CCNC2. The van der Waals surface area contributed by atoms with Crippen LogP contribution in [0.4, 0.5) is 0 Å². The second kappa shape index (κ2) is 5.04. The molecule has 3 rings (SSSR count). The Balaban J connectivity index is 1.91. The summed E-state index contributed by atoms with van der Waals surface area (Å²) in [7, 11) is 0. The highest BCUT2D eigenvalue weighted by atomic mass is 15.1. The van der Waals surface area contributed by atoms with Gasteiger partial charge in [-0.1, -0.05) is 19.8 Å². The molecule has 1 saturated carbocycles. The quantitative estimate of drug-likeness (QED) is 0.866. The minimum atomic E-state index is 0.634. The lowest BCUT2D eigenvalue weighted by Crippen LogP contribution is -2.25. The van der Waals surface area contributed by atoms with Gasteiger partial charge in [-0.2, -0.15) is 0 Å². The molecule has 1 N–H and O–H groups in total. The molecule has 0 spiro atoms. The third-order valence-corrected chi connectivity index (χ3v) is 4.31. The van der Waals surface area contributed by atoms with Crippen LogP contribution in [-0.2, 0) is 13.0 Å². The van der Waals surface area contributed by atoms with Gasteiger partial charge in [0.15, 0.2) is 0 Å². The van der Waals surface area contributed by atoms with Gasteiger partial charge in [0.25, 0.3) is 0 Å². The lowest BCUT2D eigenvalue weighted by molar-refractivity contribution is 0.450. The molecule has 100 valence electrons. The van der Waals surface area contributed by atoms with Crippen LogP contribution in [0.2, 0.25) is 0 Å². The maximum absolute atomic E-state index is 4.94. The molecule has 1 aromatic heterocycles. The number of hydrogen-bond donors (Lipinski definition) is 1. The molecule has 0 bridgehead atoms. The van der Waals surface area contributed by atoms with Crippen LogP contribution in [0, 0.1) is 0 Å². The van der Waals surface area contributed by atoms with E-state index in [-0.39, 0.29) is 0 Å². The van der Waals surface area contributed by atoms with E-state index in [0.29, 0.717) is 6.04 Å². The van der Waals surface area contributed by atoms with Crippen molar-refractivity contribution in [3.63, 3.8) is 0 Å². The highest BCUT2D eigenvalue weighted by Gasteiger charge is 2.32. The topological polar surface area (TPSA) is 29.9 Å². The lowest BCUT2D eigenvalue weighted by atomic mass is 10.1. The molecule has 0 radical (unpaired) electrons. The number of hydrogen-bond acceptors (Lipinski definition) is 2. The number of fused-ring (bicyclic) bond motifs is 1. The van der Waals surface area contributed by atoms with Gasteiger partial charge in [-0.05, 0) is 26.2 Å². The second-order valence-electron chi connectivity index (χ2n) is 5.93. The van der Waals surface area contributed by atoms with E-state index in [2.05, 4.69) is 23.7 Å². The maximum atomic E-state index is 4.94. The van der Waals surface area contributed by atoms with Crippen LogP contribution in [0.3, 0.4) is 0 Å². The molecule has 1 aromatic rings. The van der Waals surface area contributed by atoms with Gasteiger partial charge in [0.05, 0.1) is 5.69 Å². The number of nitrogens with zero attached hydrogens (tertiary/aromatic N) is 2. The molecule has 0 aromatic carbocycles. The Bertz CT molecular complexity index is 418. The first-order valence-corrected chi connectivity index (χ1v) is 7.61. The predicted octanol–water partition coefficient (Wildman–Crippen LogP) is 3.16. The van der Waals surface area contributed by atoms with Crippen LogP contribution in [0.15, 0.2) is 0 Å². The largest absolute Gasteiger partial charge is 0.329 e. The Hall–Kier alpha value is -0.830. The molecule has 0 saturated heterocycles. The fourth-order valence-corrected chi connectivity index (χ4v) is 3.10. The zero-order valence-electron chi connectivity index (χ0n) is 11.7. The minimum Gasteiger partial charge on any atom is -0.329 e. The number of aromatic nitrogens is 2. The van der Waals surface area contributed by atoms with Gasteiger partial charge in [0.1, 0.15) is 5.82 Å². The molecule has 3 nitrogen and oxygen atoms in total. The Morgan fingerprint density at radius 3 is 3.00 bits per heavy atom. The summed E-state index contributed by atoms with van der Waals surface area (Å²) in [5.41, 5.74) is 2.85. The average molecular weight is 247 g/mol. The summed E-state index contributed by atoms with van der Waals surface area (Å²) in [6.07, 6.45) is 7.78. The van der Waals surface area contributed by atoms with Crippen molar-refractivity contribution in [1.29, 1.82) is 0 Å². The van der Waals surface area contributed by atoms with Crippen molar-refractivity contribution in [3.8, 4) is 0 Å². The van der Waals surface area contributed by atoms with E-state index in [1.807, 2.05) is 0 Å². The van der Waals surface area contributed by atoms with Gasteiger partial charge in [-0.15, -0.1) is 0 Å². The molecule has 0 amide bonds. The van der Waals surface area contributed by atoms with Crippen LogP contribution < -0.4 is 5.32 Å². The first-order chi connectivity index (χ1) is 8.81. The number of nitrogens with one attached hydrogen (secondary N) is 1. The second-order valence-corrected chi connectivity index (χ2v) is 5.93. The van der Waals surface area contributed by atoms with Crippen molar-refractivity contribution < 1.29 is 0 Å². The van der Waals surface area contributed by atoms with E-state index < -0.39 is 0 Å². The van der Waals surface area contributed by atoms with E-state index >= 15 is 0 Å². The molecular formula is C15H25N3. The van der Waals surface area contributed by atoms with Crippen molar-refractivity contribution in [2.24, 2.45) is 0 Å². The normalized spacial score (nSPS) is 20.8. The predicted molar refractivity (Wildman–Crippen MR) is 73.8 cm³/mol. The standard InChI is InChI=1S/C15H25N3/c1-3-4-5-11(2)18-14-8-9-16-10-13(14)17-15(18)12-6-7-12/h11-12,16H,3-10H2,1-2H3. The van der Waals surface area contributed by atoms with E-state index in [1.165, 1.54) is 49.3 Å². The van der Waals surface area contributed by atoms with Crippen molar-refractivity contribution in [2.45, 2.75) is 70.9 Å². The highest BCUT2D eigenvalue weighted by molar-refractivity contribution is 5.24. The summed E-state index contributed by atoms with van der Waals surface area (Å²) in [6.45, 7) is 6.75. The zero-order valence-corrected chi connectivity index (χ0v) is 11.7. The molecule has 3 heteroatoms. The summed E-state index contributed by atoms with van der Waals surface area (Å²) >= 11 is 0. The van der Waals surface area contributed by atoms with E-state index in [0.717, 1.165) is 25.4 Å². The Morgan fingerprint density at radius 2 is 2.28 bits per heavy atom. The monoisotopic (exact) mass is 247 g/mol. The molecule has 18 heavy (non-hydrogen) atoms. The Morgan fingerprint density at radius 1 is 1.44 bits per heavy atom. The summed E-state index contributed by atoms with van der Waals surface area (Å²) in [5, 5.41) is 3.45. The molecule has 1 unspecified atom stereocenters. The molecule has 1 aliphatic carbocycles. The molecule has 1 aliphatic heterocycles. The molecule has 2 aliphatic rings. The molecule has 2 heterocycles. The van der Waals surface area contributed by atoms with Crippen LogP contribution in [-0.4, -0.2) is 16.1 Å². The van der Waals surface area contributed by atoms with Gasteiger partial charge in [0, 0.05) is 37.2 Å². The van der Waals surface area contributed by atoms with Crippen molar-refractivity contribution in [3.05, 3.63) is 17.2 Å².